The standard InChI is InChI=1S/C24H16N2O5/c1-3-12-31-21-9-4-16(14-20(21)24(29)30-2)13-18(15-25)17-5-7-19(8-6-17)26-22(27)10-11-23(26)28/h1,4-11,13-14H,12H2,2H3/b18-13+. The summed E-state index contributed by atoms with van der Waals surface area (Å²) in [5.41, 5.74) is 2.05. The summed E-state index contributed by atoms with van der Waals surface area (Å²) in [6, 6.07) is 13.3. The van der Waals surface area contributed by atoms with Gasteiger partial charge in [-0.15, -0.1) is 6.42 Å². The highest BCUT2D eigenvalue weighted by molar-refractivity contribution is 6.28. The van der Waals surface area contributed by atoms with Crippen LogP contribution in [0.25, 0.3) is 11.6 Å². The number of hydrogen-bond donors (Lipinski definition) is 0. The third-order valence-electron chi connectivity index (χ3n) is 4.40. The summed E-state index contributed by atoms with van der Waals surface area (Å²) < 4.78 is 10.2. The van der Waals surface area contributed by atoms with Gasteiger partial charge in [0.25, 0.3) is 11.8 Å². The zero-order chi connectivity index (χ0) is 22.4. The molecule has 0 saturated heterocycles. The number of hydrogen-bond acceptors (Lipinski definition) is 6. The number of anilines is 1. The number of rotatable bonds is 6. The molecule has 3 rings (SSSR count). The van der Waals surface area contributed by atoms with Crippen LogP contribution in [0.3, 0.4) is 0 Å². The summed E-state index contributed by atoms with van der Waals surface area (Å²) >= 11 is 0. The highest BCUT2D eigenvalue weighted by atomic mass is 16.5. The zero-order valence-electron chi connectivity index (χ0n) is 16.5. The molecule has 0 saturated carbocycles. The molecule has 1 heterocycles. The molecule has 1 aliphatic heterocycles. The van der Waals surface area contributed by atoms with Gasteiger partial charge in [-0.2, -0.15) is 5.26 Å². The number of carbonyl (C=O) groups is 3. The maximum Gasteiger partial charge on any atom is 0.341 e. The van der Waals surface area contributed by atoms with Crippen LogP contribution < -0.4 is 9.64 Å². The fraction of sp³-hybridized carbons (Fsp3) is 0.0833. The molecule has 0 aliphatic carbocycles. The number of nitrogens with zero attached hydrogens (tertiary/aromatic N) is 2. The van der Waals surface area contributed by atoms with Crippen LogP contribution in [-0.4, -0.2) is 31.5 Å². The lowest BCUT2D eigenvalue weighted by Crippen LogP contribution is -2.29. The van der Waals surface area contributed by atoms with E-state index >= 15 is 0 Å². The summed E-state index contributed by atoms with van der Waals surface area (Å²) in [6.07, 6.45) is 9.20. The number of terminal acetylenes is 1. The van der Waals surface area contributed by atoms with E-state index in [-0.39, 0.29) is 17.9 Å². The lowest BCUT2D eigenvalue weighted by atomic mass is 10.0. The van der Waals surface area contributed by atoms with Gasteiger partial charge < -0.3 is 9.47 Å². The van der Waals surface area contributed by atoms with Crippen molar-refractivity contribution in [3.8, 4) is 24.2 Å². The Morgan fingerprint density at radius 3 is 2.39 bits per heavy atom. The lowest BCUT2D eigenvalue weighted by Gasteiger charge is -2.14. The number of ether oxygens (including phenoxy) is 2. The van der Waals surface area contributed by atoms with Crippen molar-refractivity contribution in [3.63, 3.8) is 0 Å². The molecule has 0 unspecified atom stereocenters. The van der Waals surface area contributed by atoms with Crippen LogP contribution >= 0.6 is 0 Å². The van der Waals surface area contributed by atoms with Crippen molar-refractivity contribution in [1.29, 1.82) is 5.26 Å². The van der Waals surface area contributed by atoms with E-state index in [1.807, 2.05) is 0 Å². The third-order valence-corrected chi connectivity index (χ3v) is 4.40. The number of benzene rings is 2. The molecule has 0 atom stereocenters. The van der Waals surface area contributed by atoms with Gasteiger partial charge >= 0.3 is 5.97 Å². The molecule has 7 heteroatoms. The summed E-state index contributed by atoms with van der Waals surface area (Å²) in [5.74, 6) is 1.17. The summed E-state index contributed by atoms with van der Waals surface area (Å²) in [6.45, 7) is -0.00742. The molecule has 0 radical (unpaired) electrons. The van der Waals surface area contributed by atoms with Gasteiger partial charge in [0.05, 0.1) is 24.4 Å². The second-order valence-electron chi connectivity index (χ2n) is 6.30. The van der Waals surface area contributed by atoms with Gasteiger partial charge in [0, 0.05) is 12.2 Å². The van der Waals surface area contributed by atoms with Crippen molar-refractivity contribution in [2.45, 2.75) is 0 Å². The number of imide groups is 1. The van der Waals surface area contributed by atoms with Gasteiger partial charge in [0.2, 0.25) is 0 Å². The second kappa shape index (κ2) is 9.25. The fourth-order valence-corrected chi connectivity index (χ4v) is 2.94. The van der Waals surface area contributed by atoms with E-state index in [1.165, 1.54) is 25.3 Å². The van der Waals surface area contributed by atoms with E-state index in [0.717, 1.165) is 4.90 Å². The highest BCUT2D eigenvalue weighted by Gasteiger charge is 2.25. The van der Waals surface area contributed by atoms with E-state index in [9.17, 15) is 19.6 Å². The molecule has 31 heavy (non-hydrogen) atoms. The van der Waals surface area contributed by atoms with E-state index in [2.05, 4.69) is 12.0 Å². The number of allylic oxidation sites excluding steroid dienone is 1. The molecular weight excluding hydrogens is 396 g/mol. The summed E-state index contributed by atoms with van der Waals surface area (Å²) in [7, 11) is 1.25. The molecule has 0 fully saturated rings. The van der Waals surface area contributed by atoms with Crippen LogP contribution in [0.2, 0.25) is 0 Å². The largest absolute Gasteiger partial charge is 0.480 e. The molecule has 0 aromatic heterocycles. The Kier molecular flexibility index (Phi) is 6.30. The van der Waals surface area contributed by atoms with Gasteiger partial charge in [-0.3, -0.25) is 9.59 Å². The number of carbonyl (C=O) groups excluding carboxylic acids is 3. The zero-order valence-corrected chi connectivity index (χ0v) is 16.5. The second-order valence-corrected chi connectivity index (χ2v) is 6.30. The monoisotopic (exact) mass is 412 g/mol. The van der Waals surface area contributed by atoms with Crippen molar-refractivity contribution in [1.82, 2.24) is 0 Å². The Labute approximate surface area is 178 Å². The first kappa shape index (κ1) is 21.1. The predicted molar refractivity (Wildman–Crippen MR) is 114 cm³/mol. The van der Waals surface area contributed by atoms with E-state index < -0.39 is 17.8 Å². The minimum atomic E-state index is -0.598. The van der Waals surface area contributed by atoms with E-state index in [1.54, 1.807) is 42.5 Å². The highest BCUT2D eigenvalue weighted by Crippen LogP contribution is 2.26. The topological polar surface area (TPSA) is 96.7 Å². The van der Waals surface area contributed by atoms with Crippen LogP contribution in [0.1, 0.15) is 21.5 Å². The molecule has 7 nitrogen and oxygen atoms in total. The molecule has 0 bridgehead atoms. The minimum Gasteiger partial charge on any atom is -0.480 e. The third kappa shape index (κ3) is 4.52. The SMILES string of the molecule is C#CCOc1ccc(/C=C(\C#N)c2ccc(N3C(=O)C=CC3=O)cc2)cc1C(=O)OC. The molecule has 152 valence electrons. The predicted octanol–water partition coefficient (Wildman–Crippen LogP) is 2.98. The number of esters is 1. The van der Waals surface area contributed by atoms with E-state index in [0.29, 0.717) is 22.4 Å². The van der Waals surface area contributed by atoms with Crippen LogP contribution in [0, 0.1) is 23.7 Å². The van der Waals surface area contributed by atoms with Gasteiger partial charge in [0.15, 0.2) is 0 Å². The van der Waals surface area contributed by atoms with Crippen molar-refractivity contribution >= 4 is 35.1 Å². The Balaban J connectivity index is 1.92. The van der Waals surface area contributed by atoms with Gasteiger partial charge in [0.1, 0.15) is 17.9 Å². The molecule has 0 N–H and O–H groups in total. The first-order valence-corrected chi connectivity index (χ1v) is 9.05. The number of amides is 2. The summed E-state index contributed by atoms with van der Waals surface area (Å²) in [4.78, 5) is 36.7. The van der Waals surface area contributed by atoms with Crippen molar-refractivity contribution < 1.29 is 23.9 Å². The van der Waals surface area contributed by atoms with Crippen molar-refractivity contribution in [2.75, 3.05) is 18.6 Å². The van der Waals surface area contributed by atoms with Crippen LogP contribution in [-0.2, 0) is 14.3 Å². The average molecular weight is 412 g/mol. The minimum absolute atomic E-state index is 0.00742. The molecule has 2 aromatic carbocycles. The van der Waals surface area contributed by atoms with Gasteiger partial charge in [-0.05, 0) is 41.5 Å². The van der Waals surface area contributed by atoms with Crippen LogP contribution in [0.4, 0.5) is 5.69 Å². The Morgan fingerprint density at radius 2 is 1.81 bits per heavy atom. The Morgan fingerprint density at radius 1 is 1.13 bits per heavy atom. The normalized spacial score (nSPS) is 13.0. The van der Waals surface area contributed by atoms with E-state index in [4.69, 9.17) is 15.9 Å². The molecule has 2 amide bonds. The molecule has 0 spiro atoms. The van der Waals surface area contributed by atoms with Gasteiger partial charge in [-0.25, -0.2) is 9.69 Å². The molecular formula is C24H16N2O5. The lowest BCUT2D eigenvalue weighted by molar-refractivity contribution is -0.119. The summed E-state index contributed by atoms with van der Waals surface area (Å²) in [5, 5.41) is 9.62. The van der Waals surface area contributed by atoms with Crippen LogP contribution in [0.15, 0.2) is 54.6 Å². The fourth-order valence-electron chi connectivity index (χ4n) is 2.94. The van der Waals surface area contributed by atoms with Crippen molar-refractivity contribution in [3.05, 3.63) is 71.3 Å². The van der Waals surface area contributed by atoms with Crippen molar-refractivity contribution in [2.24, 2.45) is 0 Å². The molecule has 2 aromatic rings. The Bertz CT molecular complexity index is 1180. The average Bonchev–Trinajstić information content (AvgIpc) is 3.13. The van der Waals surface area contributed by atoms with Crippen LogP contribution in [0.5, 0.6) is 5.75 Å². The quantitative estimate of drug-likeness (QED) is 0.238. The Hall–Kier alpha value is -4.62. The smallest absolute Gasteiger partial charge is 0.341 e. The number of methoxy groups -OCH3 is 1. The maximum atomic E-state index is 12.1. The molecule has 1 aliphatic rings. The first-order chi connectivity index (χ1) is 15.0. The van der Waals surface area contributed by atoms with Gasteiger partial charge in [-0.1, -0.05) is 24.1 Å². The maximum absolute atomic E-state index is 12.1. The number of nitriles is 1. The first-order valence-electron chi connectivity index (χ1n) is 9.05.